The Labute approximate surface area is 204 Å². The van der Waals surface area contributed by atoms with Gasteiger partial charge in [0.25, 0.3) is 0 Å². The molecule has 0 atom stereocenters. The number of nitrogens with two attached hydrogens (primary N) is 1. The number of nitrogen functional groups attached to an aromatic ring is 1. The fraction of sp³-hybridized carbons (Fsp3) is 0.710. The summed E-state index contributed by atoms with van der Waals surface area (Å²) in [5, 5.41) is 0. The number of benzene rings is 1. The number of unbranched alkanes of at least 4 members (excludes halogenated alkanes) is 6. The minimum absolute atomic E-state index is 0.574. The molecule has 2 aliphatic carbocycles. The lowest BCUT2D eigenvalue weighted by Gasteiger charge is -2.38. The van der Waals surface area contributed by atoms with Crippen molar-refractivity contribution >= 4 is 12.0 Å². The van der Waals surface area contributed by atoms with E-state index in [1.807, 2.05) is 0 Å². The van der Waals surface area contributed by atoms with Gasteiger partial charge in [-0.15, -0.1) is 0 Å². The van der Waals surface area contributed by atoms with Crippen molar-refractivity contribution in [2.45, 2.75) is 122 Å². The Kier molecular flexibility index (Phi) is 13.5. The number of anilines is 1. The molecule has 2 N–H and O–H groups in total. The van der Waals surface area contributed by atoms with Crippen molar-refractivity contribution in [3.63, 3.8) is 0 Å². The Bertz CT molecular complexity index is 648. The van der Waals surface area contributed by atoms with E-state index in [9.17, 15) is 4.79 Å². The minimum Gasteiger partial charge on any atom is -0.399 e. The van der Waals surface area contributed by atoms with E-state index < -0.39 is 0 Å². The predicted molar refractivity (Wildman–Crippen MR) is 144 cm³/mol. The van der Waals surface area contributed by atoms with Crippen molar-refractivity contribution < 1.29 is 4.79 Å². The molecule has 0 saturated heterocycles. The van der Waals surface area contributed by atoms with Crippen molar-refractivity contribution in [2.24, 2.45) is 17.8 Å². The second kappa shape index (κ2) is 16.1. The molecule has 0 aromatic heterocycles. The highest BCUT2D eigenvalue weighted by Crippen LogP contribution is 2.44. The molecular weight excluding hydrogens is 402 g/mol. The van der Waals surface area contributed by atoms with Crippen LogP contribution < -0.4 is 5.73 Å². The zero-order chi connectivity index (χ0) is 23.9. The summed E-state index contributed by atoms with van der Waals surface area (Å²) in [7, 11) is 0. The van der Waals surface area contributed by atoms with E-state index in [2.05, 4.69) is 37.8 Å². The van der Waals surface area contributed by atoms with E-state index in [1.165, 1.54) is 108 Å². The van der Waals surface area contributed by atoms with Crippen LogP contribution >= 0.6 is 0 Å². The van der Waals surface area contributed by atoms with Crippen molar-refractivity contribution in [1.82, 2.24) is 0 Å². The van der Waals surface area contributed by atoms with Crippen LogP contribution in [0.4, 0.5) is 5.69 Å². The van der Waals surface area contributed by atoms with Crippen LogP contribution in [0.2, 0.25) is 0 Å². The van der Waals surface area contributed by atoms with E-state index in [0.717, 1.165) is 35.6 Å². The van der Waals surface area contributed by atoms with Gasteiger partial charge in [-0.1, -0.05) is 89.8 Å². The Morgan fingerprint density at radius 3 is 1.85 bits per heavy atom. The topological polar surface area (TPSA) is 43.1 Å². The summed E-state index contributed by atoms with van der Waals surface area (Å²) in [6, 6.07) is 8.67. The first-order valence-electron chi connectivity index (χ1n) is 14.0. The summed E-state index contributed by atoms with van der Waals surface area (Å²) in [5.41, 5.74) is 8.84. The third kappa shape index (κ3) is 10.9. The van der Waals surface area contributed by atoms with Crippen LogP contribution in [0.15, 0.2) is 36.4 Å². The van der Waals surface area contributed by atoms with Gasteiger partial charge in [-0.05, 0) is 92.4 Å². The Hall–Kier alpha value is -1.57. The van der Waals surface area contributed by atoms with Gasteiger partial charge < -0.3 is 5.73 Å². The molecule has 0 radical (unpaired) electrons. The van der Waals surface area contributed by atoms with Gasteiger partial charge in [0.1, 0.15) is 6.29 Å². The molecule has 186 valence electrons. The predicted octanol–water partition coefficient (Wildman–Crippen LogP) is 9.25. The fourth-order valence-electron chi connectivity index (χ4n) is 6.03. The second-order valence-corrected chi connectivity index (χ2v) is 10.9. The molecule has 33 heavy (non-hydrogen) atoms. The second-order valence-electron chi connectivity index (χ2n) is 10.9. The van der Waals surface area contributed by atoms with Gasteiger partial charge in [-0.2, -0.15) is 0 Å². The van der Waals surface area contributed by atoms with Gasteiger partial charge in [-0.25, -0.2) is 0 Å². The molecule has 0 aliphatic heterocycles. The third-order valence-electron chi connectivity index (χ3n) is 8.15. The van der Waals surface area contributed by atoms with Crippen LogP contribution in [0.25, 0.3) is 0 Å². The summed E-state index contributed by atoms with van der Waals surface area (Å²) < 4.78 is 0. The molecule has 0 amide bonds. The van der Waals surface area contributed by atoms with E-state index in [0.29, 0.717) is 5.57 Å². The molecule has 0 spiro atoms. The Morgan fingerprint density at radius 2 is 1.33 bits per heavy atom. The Morgan fingerprint density at radius 1 is 0.848 bits per heavy atom. The third-order valence-corrected chi connectivity index (χ3v) is 8.15. The number of aldehydes is 1. The highest BCUT2D eigenvalue weighted by atomic mass is 16.1. The van der Waals surface area contributed by atoms with Gasteiger partial charge >= 0.3 is 0 Å². The number of carbonyl (C=O) groups excluding carboxylic acids is 1. The van der Waals surface area contributed by atoms with Crippen LogP contribution in [0, 0.1) is 17.8 Å². The maximum Gasteiger partial charge on any atom is 0.145 e. The minimum atomic E-state index is 0.574. The molecule has 1 aromatic carbocycles. The average molecular weight is 454 g/mol. The van der Waals surface area contributed by atoms with Crippen molar-refractivity contribution in [3.8, 4) is 0 Å². The van der Waals surface area contributed by atoms with Crippen LogP contribution in [0.5, 0.6) is 0 Å². The molecule has 2 heteroatoms. The average Bonchev–Trinajstić information content (AvgIpc) is 2.85. The monoisotopic (exact) mass is 453 g/mol. The summed E-state index contributed by atoms with van der Waals surface area (Å²) in [5.74, 6) is 3.89. The highest BCUT2D eigenvalue weighted by molar-refractivity contribution is 5.70. The molecular formula is C31H51NO. The van der Waals surface area contributed by atoms with Crippen molar-refractivity contribution in [1.29, 1.82) is 0 Å². The molecule has 2 fully saturated rings. The molecule has 0 heterocycles. The normalized spacial score (nSPS) is 25.0. The molecule has 3 rings (SSSR count). The molecule has 1 aromatic rings. The standard InChI is InChI=1S/C27H45N.C4H6O/c1-2-3-4-5-6-7-8-9-22-10-12-23(13-11-22)24-14-16-25(17-15-24)26-18-20-27(28)21-19-26;1-4(2)3-5/h18-25H,2-17,28H2,1H3;3H,1H2,2H3. The van der Waals surface area contributed by atoms with Crippen LogP contribution in [-0.2, 0) is 4.79 Å². The van der Waals surface area contributed by atoms with Crippen LogP contribution in [-0.4, -0.2) is 6.29 Å². The van der Waals surface area contributed by atoms with E-state index in [1.54, 1.807) is 6.92 Å². The SMILES string of the molecule is C=C(C)C=O.CCCCCCCCCC1CCC(C2CCC(c3ccc(N)cc3)CC2)CC1. The molecule has 2 nitrogen and oxygen atoms in total. The summed E-state index contributed by atoms with van der Waals surface area (Å²) in [4.78, 5) is 9.41. The smallest absolute Gasteiger partial charge is 0.145 e. The van der Waals surface area contributed by atoms with Crippen LogP contribution in [0.3, 0.4) is 0 Å². The molecule has 2 saturated carbocycles. The first kappa shape index (κ1) is 27.7. The van der Waals surface area contributed by atoms with E-state index in [-0.39, 0.29) is 0 Å². The van der Waals surface area contributed by atoms with Crippen molar-refractivity contribution in [3.05, 3.63) is 42.0 Å². The van der Waals surface area contributed by atoms with Crippen molar-refractivity contribution in [2.75, 3.05) is 5.73 Å². The lowest BCUT2D eigenvalue weighted by molar-refractivity contribution is -0.104. The maximum absolute atomic E-state index is 9.41. The molecule has 2 aliphatic rings. The van der Waals surface area contributed by atoms with E-state index >= 15 is 0 Å². The number of carbonyl (C=O) groups is 1. The molecule has 0 unspecified atom stereocenters. The van der Waals surface area contributed by atoms with Gasteiger partial charge in [0, 0.05) is 5.69 Å². The quantitative estimate of drug-likeness (QED) is 0.157. The largest absolute Gasteiger partial charge is 0.399 e. The fourth-order valence-corrected chi connectivity index (χ4v) is 6.03. The van der Waals surface area contributed by atoms with E-state index in [4.69, 9.17) is 5.73 Å². The summed E-state index contributed by atoms with van der Waals surface area (Å²) in [6.45, 7) is 7.27. The van der Waals surface area contributed by atoms with Gasteiger partial charge in [0.2, 0.25) is 0 Å². The maximum atomic E-state index is 9.41. The Balaban J connectivity index is 0.000000696. The number of hydrogen-bond donors (Lipinski definition) is 1. The number of hydrogen-bond acceptors (Lipinski definition) is 2. The van der Waals surface area contributed by atoms with Gasteiger partial charge in [0.15, 0.2) is 0 Å². The number of allylic oxidation sites excluding steroid dienone is 1. The van der Waals surface area contributed by atoms with Gasteiger partial charge in [0.05, 0.1) is 0 Å². The lowest BCUT2D eigenvalue weighted by atomic mass is 9.68. The zero-order valence-electron chi connectivity index (χ0n) is 21.7. The lowest BCUT2D eigenvalue weighted by Crippen LogP contribution is -2.25. The zero-order valence-corrected chi connectivity index (χ0v) is 21.7. The first-order valence-corrected chi connectivity index (χ1v) is 14.0. The van der Waals surface area contributed by atoms with Crippen LogP contribution in [0.1, 0.15) is 128 Å². The molecule has 0 bridgehead atoms. The number of rotatable bonds is 11. The first-order chi connectivity index (χ1) is 16.0. The summed E-state index contributed by atoms with van der Waals surface area (Å²) in [6.07, 6.45) is 24.3. The highest BCUT2D eigenvalue weighted by Gasteiger charge is 2.31. The van der Waals surface area contributed by atoms with Gasteiger partial charge in [-0.3, -0.25) is 4.79 Å². The summed E-state index contributed by atoms with van der Waals surface area (Å²) >= 11 is 0.